The van der Waals surface area contributed by atoms with Crippen molar-refractivity contribution in [2.45, 2.75) is 25.4 Å². The number of aliphatic carboxylic acids is 1. The Kier molecular flexibility index (Phi) is 5.63. The Balaban J connectivity index is 1.69. The molecule has 0 bridgehead atoms. The molecule has 5 N–H and O–H groups in total. The SMILES string of the molecule is C[C@@H](NC(=O)N1C(=O)[C@H](Cc2ccc(C(=N)N)cc2)[C@H]1C(=O)O)c1ccccc1. The largest absolute Gasteiger partial charge is 0.480 e. The lowest BCUT2D eigenvalue weighted by Crippen LogP contribution is -2.68. The van der Waals surface area contributed by atoms with Crippen molar-refractivity contribution in [1.82, 2.24) is 10.2 Å². The highest BCUT2D eigenvalue weighted by Gasteiger charge is 2.54. The van der Waals surface area contributed by atoms with Gasteiger partial charge in [-0.05, 0) is 24.5 Å². The number of β-lactam (4-membered cyclic amide) rings is 1. The molecule has 0 spiro atoms. The molecule has 3 atom stereocenters. The molecule has 8 nitrogen and oxygen atoms in total. The number of benzene rings is 2. The van der Waals surface area contributed by atoms with Crippen molar-refractivity contribution in [3.63, 3.8) is 0 Å². The molecule has 1 saturated heterocycles. The molecule has 8 heteroatoms. The molecule has 3 rings (SSSR count). The van der Waals surface area contributed by atoms with E-state index in [1.165, 1.54) is 0 Å². The first-order valence-electron chi connectivity index (χ1n) is 9.14. The van der Waals surface area contributed by atoms with Crippen LogP contribution in [0.25, 0.3) is 0 Å². The van der Waals surface area contributed by atoms with Crippen molar-refractivity contribution in [3.8, 4) is 0 Å². The quantitative estimate of drug-likeness (QED) is 0.337. The lowest BCUT2D eigenvalue weighted by atomic mass is 9.82. The van der Waals surface area contributed by atoms with Gasteiger partial charge in [0.05, 0.1) is 12.0 Å². The van der Waals surface area contributed by atoms with E-state index >= 15 is 0 Å². The van der Waals surface area contributed by atoms with Gasteiger partial charge in [-0.2, -0.15) is 0 Å². The third kappa shape index (κ3) is 4.11. The summed E-state index contributed by atoms with van der Waals surface area (Å²) in [6, 6.07) is 13.6. The molecule has 1 aliphatic heterocycles. The predicted octanol–water partition coefficient (Wildman–Crippen LogP) is 1.90. The molecule has 0 unspecified atom stereocenters. The first-order valence-corrected chi connectivity index (χ1v) is 9.14. The molecule has 1 fully saturated rings. The van der Waals surface area contributed by atoms with Crippen molar-refractivity contribution in [1.29, 1.82) is 5.41 Å². The van der Waals surface area contributed by atoms with Crippen LogP contribution in [0, 0.1) is 11.3 Å². The van der Waals surface area contributed by atoms with Crippen LogP contribution < -0.4 is 11.1 Å². The number of nitrogens with one attached hydrogen (secondary N) is 2. The zero-order valence-electron chi connectivity index (χ0n) is 15.8. The topological polar surface area (TPSA) is 137 Å². The number of imide groups is 1. The second kappa shape index (κ2) is 8.14. The molecule has 0 saturated carbocycles. The highest BCUT2D eigenvalue weighted by Crippen LogP contribution is 2.31. The van der Waals surface area contributed by atoms with E-state index in [9.17, 15) is 19.5 Å². The standard InChI is InChI=1S/C21H22N4O4/c1-12(14-5-3-2-4-6-14)24-21(29)25-17(20(27)28)16(19(25)26)11-13-7-9-15(10-8-13)18(22)23/h2-10,12,16-17H,11H2,1H3,(H3,22,23)(H,24,29)(H,27,28)/t12-,16-,17+/m1/s1. The predicted molar refractivity (Wildman–Crippen MR) is 106 cm³/mol. The summed E-state index contributed by atoms with van der Waals surface area (Å²) in [6.45, 7) is 1.77. The highest BCUT2D eigenvalue weighted by atomic mass is 16.4. The first kappa shape index (κ1) is 20.1. The van der Waals surface area contributed by atoms with E-state index in [2.05, 4.69) is 5.32 Å². The Morgan fingerprint density at radius 1 is 1.17 bits per heavy atom. The average Bonchev–Trinajstić information content (AvgIpc) is 2.70. The molecule has 29 heavy (non-hydrogen) atoms. The number of carboxylic acid groups (broad SMARTS) is 1. The Labute approximate surface area is 167 Å². The van der Waals surface area contributed by atoms with E-state index in [1.807, 2.05) is 30.3 Å². The summed E-state index contributed by atoms with van der Waals surface area (Å²) in [4.78, 5) is 37.6. The van der Waals surface area contributed by atoms with Crippen molar-refractivity contribution in [3.05, 3.63) is 71.3 Å². The van der Waals surface area contributed by atoms with Crippen LogP contribution in [-0.4, -0.2) is 39.8 Å². The summed E-state index contributed by atoms with van der Waals surface area (Å²) >= 11 is 0. The van der Waals surface area contributed by atoms with Gasteiger partial charge in [-0.1, -0.05) is 54.6 Å². The summed E-state index contributed by atoms with van der Waals surface area (Å²) < 4.78 is 0. The van der Waals surface area contributed by atoms with Crippen molar-refractivity contribution in [2.75, 3.05) is 0 Å². The van der Waals surface area contributed by atoms with E-state index < -0.39 is 29.9 Å². The van der Waals surface area contributed by atoms with Gasteiger partial charge in [-0.3, -0.25) is 10.2 Å². The number of carbonyl (C=O) groups is 3. The van der Waals surface area contributed by atoms with Gasteiger partial charge in [0.15, 0.2) is 6.04 Å². The summed E-state index contributed by atoms with van der Waals surface area (Å²) in [5.41, 5.74) is 7.54. The Morgan fingerprint density at radius 2 is 1.79 bits per heavy atom. The number of carboxylic acids is 1. The zero-order chi connectivity index (χ0) is 21.1. The summed E-state index contributed by atoms with van der Waals surface area (Å²) in [5.74, 6) is -2.65. The fraction of sp³-hybridized carbons (Fsp3) is 0.238. The maximum Gasteiger partial charge on any atom is 0.327 e. The Morgan fingerprint density at radius 3 is 2.34 bits per heavy atom. The van der Waals surface area contributed by atoms with Crippen molar-refractivity contribution < 1.29 is 19.5 Å². The van der Waals surface area contributed by atoms with Gasteiger partial charge in [-0.25, -0.2) is 14.5 Å². The van der Waals surface area contributed by atoms with E-state index in [-0.39, 0.29) is 18.3 Å². The van der Waals surface area contributed by atoms with Crippen LogP contribution in [0.15, 0.2) is 54.6 Å². The highest BCUT2D eigenvalue weighted by molar-refractivity contribution is 6.07. The molecular weight excluding hydrogens is 372 g/mol. The van der Waals surface area contributed by atoms with Gasteiger partial charge in [0.2, 0.25) is 5.91 Å². The number of nitrogens with two attached hydrogens (primary N) is 1. The van der Waals surface area contributed by atoms with Crippen LogP contribution in [0.4, 0.5) is 4.79 Å². The second-order valence-corrected chi connectivity index (χ2v) is 6.99. The summed E-state index contributed by atoms with van der Waals surface area (Å²) in [5, 5.41) is 19.7. The van der Waals surface area contributed by atoms with Gasteiger partial charge in [0.25, 0.3) is 0 Å². The summed E-state index contributed by atoms with van der Waals surface area (Å²) in [6.07, 6.45) is 0.187. The normalized spacial score (nSPS) is 19.2. The maximum atomic E-state index is 12.6. The molecule has 150 valence electrons. The van der Waals surface area contributed by atoms with Crippen LogP contribution in [0.1, 0.15) is 29.7 Å². The molecule has 0 aromatic heterocycles. The van der Waals surface area contributed by atoms with Gasteiger partial charge in [0.1, 0.15) is 5.84 Å². The number of hydrogen-bond donors (Lipinski definition) is 4. The Hall–Kier alpha value is -3.68. The monoisotopic (exact) mass is 394 g/mol. The number of likely N-dealkylation sites (tertiary alicyclic amines) is 1. The molecule has 3 amide bonds. The fourth-order valence-corrected chi connectivity index (χ4v) is 3.41. The number of nitrogens with zero attached hydrogens (tertiary/aromatic N) is 1. The third-order valence-corrected chi connectivity index (χ3v) is 5.05. The van der Waals surface area contributed by atoms with Gasteiger partial charge >= 0.3 is 12.0 Å². The van der Waals surface area contributed by atoms with Crippen LogP contribution in [-0.2, 0) is 16.0 Å². The average molecular weight is 394 g/mol. The Bertz CT molecular complexity index is 943. The zero-order valence-corrected chi connectivity index (χ0v) is 15.8. The number of hydrogen-bond acceptors (Lipinski definition) is 4. The van der Waals surface area contributed by atoms with E-state index in [4.69, 9.17) is 11.1 Å². The lowest BCUT2D eigenvalue weighted by molar-refractivity contribution is -0.165. The number of urea groups is 1. The van der Waals surface area contributed by atoms with Crippen LogP contribution in [0.3, 0.4) is 0 Å². The van der Waals surface area contributed by atoms with Gasteiger partial charge < -0.3 is 16.2 Å². The van der Waals surface area contributed by atoms with Gasteiger partial charge in [-0.15, -0.1) is 0 Å². The van der Waals surface area contributed by atoms with Gasteiger partial charge in [0, 0.05) is 5.56 Å². The first-order chi connectivity index (χ1) is 13.8. The smallest absolute Gasteiger partial charge is 0.327 e. The molecule has 0 aliphatic carbocycles. The fourth-order valence-electron chi connectivity index (χ4n) is 3.41. The molecular formula is C21H22N4O4. The number of amides is 3. The minimum Gasteiger partial charge on any atom is -0.480 e. The number of rotatable bonds is 6. The maximum absolute atomic E-state index is 12.6. The summed E-state index contributed by atoms with van der Waals surface area (Å²) in [7, 11) is 0. The minimum absolute atomic E-state index is 0.0740. The minimum atomic E-state index is -1.22. The van der Waals surface area contributed by atoms with E-state index in [1.54, 1.807) is 31.2 Å². The van der Waals surface area contributed by atoms with Crippen molar-refractivity contribution in [2.24, 2.45) is 11.7 Å². The van der Waals surface area contributed by atoms with E-state index in [0.29, 0.717) is 5.56 Å². The molecule has 2 aromatic carbocycles. The number of carbonyl (C=O) groups excluding carboxylic acids is 2. The molecule has 2 aromatic rings. The van der Waals surface area contributed by atoms with Crippen LogP contribution in [0.2, 0.25) is 0 Å². The molecule has 1 aliphatic rings. The van der Waals surface area contributed by atoms with Crippen LogP contribution >= 0.6 is 0 Å². The number of nitrogen functional groups attached to an aromatic ring is 1. The number of amidine groups is 1. The van der Waals surface area contributed by atoms with E-state index in [0.717, 1.165) is 16.0 Å². The molecule has 1 heterocycles. The lowest BCUT2D eigenvalue weighted by Gasteiger charge is -2.43. The van der Waals surface area contributed by atoms with Crippen molar-refractivity contribution >= 4 is 23.7 Å². The molecule has 0 radical (unpaired) electrons. The second-order valence-electron chi connectivity index (χ2n) is 6.99. The third-order valence-electron chi connectivity index (χ3n) is 5.05. The van der Waals surface area contributed by atoms with Crippen LogP contribution in [0.5, 0.6) is 0 Å².